The summed E-state index contributed by atoms with van der Waals surface area (Å²) in [6.45, 7) is 0. The molecule has 0 amide bonds. The van der Waals surface area contributed by atoms with Crippen LogP contribution < -0.4 is 4.84 Å². The fourth-order valence-electron chi connectivity index (χ4n) is 0.772. The van der Waals surface area contributed by atoms with Gasteiger partial charge in [0.05, 0.1) is 0 Å². The van der Waals surface area contributed by atoms with E-state index in [1.165, 1.54) is 0 Å². The predicted octanol–water partition coefficient (Wildman–Crippen LogP) is 1.62. The first-order valence-electron chi connectivity index (χ1n) is 3.78. The van der Waals surface area contributed by atoms with Crippen LogP contribution in [0.5, 0.6) is 5.75 Å². The van der Waals surface area contributed by atoms with Gasteiger partial charge >= 0.3 is 0 Å². The van der Waals surface area contributed by atoms with E-state index in [0.717, 1.165) is 5.75 Å². The molecule has 0 aliphatic rings. The first kappa shape index (κ1) is 9.03. The second-order valence-electron chi connectivity index (χ2n) is 2.84. The molecule has 0 fully saturated rings. The number of quaternary nitrogens is 1. The first-order chi connectivity index (χ1) is 5.64. The van der Waals surface area contributed by atoms with Crippen LogP contribution in [0.4, 0.5) is 0 Å². The van der Waals surface area contributed by atoms with Crippen LogP contribution in [0, 0.1) is 0 Å². The lowest BCUT2D eigenvalue weighted by atomic mass is 10.3. The monoisotopic (exact) mass is 168 g/mol. The average Bonchev–Trinajstić information content (AvgIpc) is 2.06. The summed E-state index contributed by atoms with van der Waals surface area (Å²) in [7, 11) is 5.23. The van der Waals surface area contributed by atoms with Crippen molar-refractivity contribution in [2.75, 3.05) is 21.2 Å². The number of nitrogens with zero attached hydrogens (tertiary/aromatic N) is 1. The summed E-state index contributed by atoms with van der Waals surface area (Å²) in [4.78, 5) is 10.6. The van der Waals surface area contributed by atoms with Gasteiger partial charge in [0, 0.05) is 0 Å². The molecule has 0 radical (unpaired) electrons. The Hall–Kier alpha value is -1.06. The molecule has 0 bridgehead atoms. The lowest BCUT2D eigenvalue weighted by Gasteiger charge is -2.22. The Balaban J connectivity index is 2.64. The lowest BCUT2D eigenvalue weighted by molar-refractivity contribution is -1.20. The minimum Gasteiger partial charge on any atom is -0.281 e. The smallest absolute Gasteiger partial charge is 0.194 e. The Morgan fingerprint density at radius 1 is 1.08 bits per heavy atom. The van der Waals surface area contributed by atoms with Crippen molar-refractivity contribution in [3.8, 4) is 5.75 Å². The summed E-state index contributed by atoms with van der Waals surface area (Å²) in [5.41, 5.74) is 0. The highest BCUT2D eigenvalue weighted by Gasteiger charge is 2.16. The zero-order chi connectivity index (χ0) is 9.03. The van der Waals surface area contributed by atoms with Gasteiger partial charge in [0.15, 0.2) is 5.75 Å². The lowest BCUT2D eigenvalue weighted by Crippen LogP contribution is -2.41. The van der Waals surface area contributed by atoms with Gasteiger partial charge in [-0.2, -0.15) is 4.84 Å². The second kappa shape index (κ2) is 3.56. The van der Waals surface area contributed by atoms with Crippen LogP contribution in [0.3, 0.4) is 0 Å². The van der Waals surface area contributed by atoms with E-state index in [-0.39, 0.29) is 4.81 Å². The van der Waals surface area contributed by atoms with E-state index in [9.17, 15) is 0 Å². The van der Waals surface area contributed by atoms with E-state index in [2.05, 4.69) is 0 Å². The molecule has 0 saturated carbocycles. The van der Waals surface area contributed by atoms with E-state index in [4.69, 9.17) is 9.68 Å². The molecule has 0 aliphatic carbocycles. The van der Waals surface area contributed by atoms with Gasteiger partial charge in [0.1, 0.15) is 21.2 Å². The maximum absolute atomic E-state index is 5.47. The second-order valence-corrected chi connectivity index (χ2v) is 2.84. The highest BCUT2D eigenvalue weighted by atomic mass is 17.0. The third-order valence-electron chi connectivity index (χ3n) is 1.51. The molecule has 12 heavy (non-hydrogen) atoms. The summed E-state index contributed by atoms with van der Waals surface area (Å²) in [6.07, 6.45) is 0. The Bertz CT molecular complexity index is 234. The molecule has 3 heteroatoms. The molecular weight excluding hydrogens is 154 g/mol. The van der Waals surface area contributed by atoms with Gasteiger partial charge in [-0.15, -0.1) is 0 Å². The summed E-state index contributed by atoms with van der Waals surface area (Å²) in [5.74, 6) is 0.796. The van der Waals surface area contributed by atoms with Crippen LogP contribution in [-0.2, 0) is 4.84 Å². The molecule has 1 aromatic carbocycles. The van der Waals surface area contributed by atoms with E-state index in [1.54, 1.807) is 7.11 Å². The fraction of sp³-hybridized carbons (Fsp3) is 0.333. The SMILES string of the molecule is CO[N+](C)(C)Oc1ccccc1. The zero-order valence-electron chi connectivity index (χ0n) is 7.65. The quantitative estimate of drug-likeness (QED) is 0.504. The van der Waals surface area contributed by atoms with Gasteiger partial charge in [-0.3, -0.25) is 4.84 Å². The average molecular weight is 168 g/mol. The molecular formula is C9H14NO2+. The van der Waals surface area contributed by atoms with E-state index >= 15 is 0 Å². The molecule has 1 rings (SSSR count). The molecule has 66 valence electrons. The van der Waals surface area contributed by atoms with Gasteiger partial charge < -0.3 is 0 Å². The molecule has 0 atom stereocenters. The Morgan fingerprint density at radius 3 is 2.17 bits per heavy atom. The number of para-hydroxylation sites is 1. The molecule has 0 aliphatic heterocycles. The van der Waals surface area contributed by atoms with Crippen molar-refractivity contribution in [3.05, 3.63) is 30.3 Å². The minimum atomic E-state index is 0.0595. The van der Waals surface area contributed by atoms with Crippen LogP contribution in [0.15, 0.2) is 30.3 Å². The summed E-state index contributed by atoms with van der Waals surface area (Å²) < 4.78 is 0. The van der Waals surface area contributed by atoms with Crippen molar-refractivity contribution >= 4 is 0 Å². The normalized spacial score (nSPS) is 11.2. The van der Waals surface area contributed by atoms with E-state index < -0.39 is 0 Å². The number of benzene rings is 1. The third-order valence-corrected chi connectivity index (χ3v) is 1.51. The number of rotatable bonds is 3. The molecule has 3 nitrogen and oxygen atoms in total. The van der Waals surface area contributed by atoms with Crippen molar-refractivity contribution in [2.24, 2.45) is 0 Å². The van der Waals surface area contributed by atoms with Gasteiger partial charge in [-0.05, 0) is 16.9 Å². The van der Waals surface area contributed by atoms with E-state index in [1.807, 2.05) is 44.4 Å². The number of hydrogen-bond acceptors (Lipinski definition) is 2. The largest absolute Gasteiger partial charge is 0.281 e. The predicted molar refractivity (Wildman–Crippen MR) is 46.2 cm³/mol. The van der Waals surface area contributed by atoms with Crippen molar-refractivity contribution < 1.29 is 14.5 Å². The number of hydrogen-bond donors (Lipinski definition) is 0. The zero-order valence-corrected chi connectivity index (χ0v) is 7.65. The molecule has 0 spiro atoms. The minimum absolute atomic E-state index is 0.0595. The fourth-order valence-corrected chi connectivity index (χ4v) is 0.772. The van der Waals surface area contributed by atoms with Crippen LogP contribution in [0.1, 0.15) is 0 Å². The summed E-state index contributed by atoms with van der Waals surface area (Å²) >= 11 is 0. The Morgan fingerprint density at radius 2 is 1.67 bits per heavy atom. The van der Waals surface area contributed by atoms with Gasteiger partial charge in [0.25, 0.3) is 0 Å². The first-order valence-corrected chi connectivity index (χ1v) is 3.78. The number of hydroxylamine groups is 4. The van der Waals surface area contributed by atoms with Crippen molar-refractivity contribution in [2.45, 2.75) is 0 Å². The Kier molecular flexibility index (Phi) is 2.68. The molecule has 0 heterocycles. The van der Waals surface area contributed by atoms with Crippen LogP contribution in [0.25, 0.3) is 0 Å². The molecule has 1 aromatic rings. The topological polar surface area (TPSA) is 18.5 Å². The van der Waals surface area contributed by atoms with Gasteiger partial charge in [-0.1, -0.05) is 18.2 Å². The molecule has 0 unspecified atom stereocenters. The standard InChI is InChI=1S/C9H14NO2/c1-10(2,11-3)12-9-7-5-4-6-8-9/h4-8H,1-3H3/q+1. The Labute approximate surface area is 72.6 Å². The van der Waals surface area contributed by atoms with Gasteiger partial charge in [-0.25, -0.2) is 0 Å². The van der Waals surface area contributed by atoms with Crippen molar-refractivity contribution in [1.29, 1.82) is 0 Å². The highest BCUT2D eigenvalue weighted by Crippen LogP contribution is 2.12. The van der Waals surface area contributed by atoms with Crippen LogP contribution in [0.2, 0.25) is 0 Å². The summed E-state index contributed by atoms with van der Waals surface area (Å²) in [5, 5.41) is 0. The maximum atomic E-state index is 5.47. The van der Waals surface area contributed by atoms with Crippen molar-refractivity contribution in [1.82, 2.24) is 0 Å². The van der Waals surface area contributed by atoms with Crippen LogP contribution in [-0.4, -0.2) is 26.0 Å². The summed E-state index contributed by atoms with van der Waals surface area (Å²) in [6, 6.07) is 9.56. The maximum Gasteiger partial charge on any atom is 0.194 e. The van der Waals surface area contributed by atoms with Gasteiger partial charge in [0.2, 0.25) is 0 Å². The van der Waals surface area contributed by atoms with E-state index in [0.29, 0.717) is 0 Å². The third kappa shape index (κ3) is 2.53. The van der Waals surface area contributed by atoms with Crippen LogP contribution >= 0.6 is 0 Å². The van der Waals surface area contributed by atoms with Crippen molar-refractivity contribution in [3.63, 3.8) is 0 Å². The highest BCUT2D eigenvalue weighted by molar-refractivity contribution is 5.19. The molecule has 0 saturated heterocycles. The molecule has 0 aromatic heterocycles. The molecule has 0 N–H and O–H groups in total.